The molecule has 0 atom stereocenters. The van der Waals surface area contributed by atoms with Crippen LogP contribution >= 0.6 is 0 Å². The van der Waals surface area contributed by atoms with Crippen LogP contribution in [-0.4, -0.2) is 23.0 Å². The van der Waals surface area contributed by atoms with Gasteiger partial charge in [0.05, 0.1) is 4.92 Å². The maximum absolute atomic E-state index is 10.5. The van der Waals surface area contributed by atoms with E-state index in [2.05, 4.69) is 0 Å². The van der Waals surface area contributed by atoms with Gasteiger partial charge in [0, 0.05) is 6.07 Å². The van der Waals surface area contributed by atoms with Gasteiger partial charge in [-0.25, -0.2) is 8.42 Å². The molecular weight excluding hydrogens is 237 g/mol. The third-order valence-corrected chi connectivity index (χ3v) is 2.31. The molecule has 76 valence electrons. The van der Waals surface area contributed by atoms with Crippen molar-refractivity contribution >= 4 is 15.8 Å². The number of hydrogen-bond donors (Lipinski definition) is 1. The standard InChI is InChI=1S/C6H5NO6S.Na/c8-6-4(7(9)10)2-1-3-5(6)14(11,12)13;/h1-3,8H,(H,11,12,13);/q;+1/p-1. The molecular formula is C6H4NNaO6S. The Morgan fingerprint density at radius 1 is 1.33 bits per heavy atom. The van der Waals surface area contributed by atoms with Crippen molar-refractivity contribution in [2.24, 2.45) is 0 Å². The van der Waals surface area contributed by atoms with Crippen LogP contribution in [0.4, 0.5) is 5.69 Å². The van der Waals surface area contributed by atoms with E-state index in [9.17, 15) is 23.1 Å². The molecule has 7 nitrogen and oxygen atoms in total. The molecule has 15 heavy (non-hydrogen) atoms. The minimum atomic E-state index is -4.89. The number of para-hydroxylation sites is 1. The fraction of sp³-hybridized carbons (Fsp3) is 0. The second kappa shape index (κ2) is 4.90. The molecule has 9 heteroatoms. The number of rotatable bonds is 2. The molecule has 0 saturated carbocycles. The third-order valence-electron chi connectivity index (χ3n) is 1.44. The first-order chi connectivity index (χ1) is 6.34. The van der Waals surface area contributed by atoms with Crippen molar-refractivity contribution in [3.05, 3.63) is 28.3 Å². The Kier molecular flexibility index (Phi) is 4.68. The molecule has 0 bridgehead atoms. The van der Waals surface area contributed by atoms with Crippen molar-refractivity contribution in [2.45, 2.75) is 4.90 Å². The van der Waals surface area contributed by atoms with Crippen LogP contribution in [0.25, 0.3) is 0 Å². The fourth-order valence-electron chi connectivity index (χ4n) is 0.860. The monoisotopic (exact) mass is 241 g/mol. The average Bonchev–Trinajstić information content (AvgIpc) is 2.01. The Morgan fingerprint density at radius 2 is 1.87 bits per heavy atom. The SMILES string of the molecule is O=[N+]([O-])c1cccc(S(=O)(=O)[O-])c1O.[Na+]. The zero-order valence-electron chi connectivity index (χ0n) is 7.58. The normalized spacial score (nSPS) is 10.5. The van der Waals surface area contributed by atoms with Crippen molar-refractivity contribution in [3.8, 4) is 5.75 Å². The summed E-state index contributed by atoms with van der Waals surface area (Å²) < 4.78 is 31.5. The van der Waals surface area contributed by atoms with Gasteiger partial charge in [0.1, 0.15) is 15.0 Å². The van der Waals surface area contributed by atoms with E-state index >= 15 is 0 Å². The predicted octanol–water partition coefficient (Wildman–Crippen LogP) is -2.79. The van der Waals surface area contributed by atoms with E-state index < -0.39 is 31.4 Å². The van der Waals surface area contributed by atoms with E-state index in [1.165, 1.54) is 0 Å². The number of phenolic OH excluding ortho intramolecular Hbond substituents is 1. The molecule has 0 radical (unpaired) electrons. The summed E-state index contributed by atoms with van der Waals surface area (Å²) in [7, 11) is -4.89. The first-order valence-electron chi connectivity index (χ1n) is 3.26. The predicted molar refractivity (Wildman–Crippen MR) is 42.7 cm³/mol. The number of benzene rings is 1. The van der Waals surface area contributed by atoms with Crippen molar-refractivity contribution in [3.63, 3.8) is 0 Å². The molecule has 0 fully saturated rings. The molecule has 0 aliphatic heterocycles. The second-order valence-corrected chi connectivity index (χ2v) is 3.68. The quantitative estimate of drug-likeness (QED) is 0.258. The Bertz CT molecular complexity index is 484. The van der Waals surface area contributed by atoms with Crippen LogP contribution in [0.5, 0.6) is 5.75 Å². The fourth-order valence-corrected chi connectivity index (χ4v) is 1.45. The molecule has 0 aliphatic rings. The Balaban J connectivity index is 0.00000196. The van der Waals surface area contributed by atoms with Crippen LogP contribution in [-0.2, 0) is 10.1 Å². The van der Waals surface area contributed by atoms with Gasteiger partial charge in [-0.15, -0.1) is 0 Å². The molecule has 0 aromatic heterocycles. The largest absolute Gasteiger partial charge is 1.00 e. The Morgan fingerprint density at radius 3 is 2.27 bits per heavy atom. The first kappa shape index (κ1) is 14.3. The second-order valence-electron chi connectivity index (χ2n) is 2.34. The number of aromatic hydroxyl groups is 1. The molecule has 0 saturated heterocycles. The summed E-state index contributed by atoms with van der Waals surface area (Å²) in [5.41, 5.74) is -0.818. The van der Waals surface area contributed by atoms with Crippen LogP contribution in [0.1, 0.15) is 0 Å². The molecule has 1 rings (SSSR count). The van der Waals surface area contributed by atoms with Gasteiger partial charge in [0.15, 0.2) is 0 Å². The van der Waals surface area contributed by atoms with Crippen molar-refractivity contribution in [1.82, 2.24) is 0 Å². The molecule has 0 unspecified atom stereocenters. The third kappa shape index (κ3) is 3.14. The first-order valence-corrected chi connectivity index (χ1v) is 4.67. The molecule has 1 aromatic carbocycles. The van der Waals surface area contributed by atoms with Gasteiger partial charge in [-0.05, 0) is 6.07 Å². The number of phenols is 1. The summed E-state index contributed by atoms with van der Waals surface area (Å²) in [4.78, 5) is 8.27. The van der Waals surface area contributed by atoms with Gasteiger partial charge in [-0.2, -0.15) is 0 Å². The van der Waals surface area contributed by atoms with Gasteiger partial charge in [0.2, 0.25) is 5.75 Å². The van der Waals surface area contributed by atoms with E-state index in [1.54, 1.807) is 0 Å². The van der Waals surface area contributed by atoms with Crippen LogP contribution in [0.15, 0.2) is 23.1 Å². The average molecular weight is 241 g/mol. The van der Waals surface area contributed by atoms with E-state index in [4.69, 9.17) is 5.11 Å². The van der Waals surface area contributed by atoms with Crippen molar-refractivity contribution < 1.29 is 52.6 Å². The molecule has 0 aliphatic carbocycles. The smallest absolute Gasteiger partial charge is 0.744 e. The summed E-state index contributed by atoms with van der Waals surface area (Å²) in [6.45, 7) is 0. The zero-order chi connectivity index (χ0) is 10.9. The van der Waals surface area contributed by atoms with Crippen LogP contribution in [0.3, 0.4) is 0 Å². The maximum atomic E-state index is 10.5. The minimum Gasteiger partial charge on any atom is -0.744 e. The van der Waals surface area contributed by atoms with Crippen molar-refractivity contribution in [1.29, 1.82) is 0 Å². The Labute approximate surface area is 107 Å². The molecule has 0 amide bonds. The summed E-state index contributed by atoms with van der Waals surface area (Å²) in [5, 5.41) is 19.3. The van der Waals surface area contributed by atoms with Gasteiger partial charge in [0.25, 0.3) is 0 Å². The van der Waals surface area contributed by atoms with Crippen molar-refractivity contribution in [2.75, 3.05) is 0 Å². The summed E-state index contributed by atoms with van der Waals surface area (Å²) in [6, 6.07) is 2.69. The van der Waals surface area contributed by atoms with Gasteiger partial charge >= 0.3 is 35.2 Å². The number of nitro benzene ring substituents is 1. The summed E-state index contributed by atoms with van der Waals surface area (Å²) in [6.07, 6.45) is 0. The molecule has 1 aromatic rings. The van der Waals surface area contributed by atoms with Crippen LogP contribution in [0, 0.1) is 10.1 Å². The maximum Gasteiger partial charge on any atom is 1.00 e. The Hall–Kier alpha value is -0.670. The van der Waals surface area contributed by atoms with E-state index in [0.717, 1.165) is 18.2 Å². The number of hydrogen-bond acceptors (Lipinski definition) is 6. The molecule has 0 spiro atoms. The van der Waals surface area contributed by atoms with Crippen LogP contribution < -0.4 is 29.6 Å². The van der Waals surface area contributed by atoms with E-state index in [-0.39, 0.29) is 29.6 Å². The zero-order valence-corrected chi connectivity index (χ0v) is 10.4. The summed E-state index contributed by atoms with van der Waals surface area (Å²) >= 11 is 0. The van der Waals surface area contributed by atoms with Gasteiger partial charge in [-0.3, -0.25) is 10.1 Å². The van der Waals surface area contributed by atoms with E-state index in [1.807, 2.05) is 0 Å². The summed E-state index contributed by atoms with van der Waals surface area (Å²) in [5.74, 6) is -1.13. The van der Waals surface area contributed by atoms with E-state index in [0.29, 0.717) is 0 Å². The number of nitrogens with zero attached hydrogens (tertiary/aromatic N) is 1. The number of nitro groups is 1. The topological polar surface area (TPSA) is 121 Å². The van der Waals surface area contributed by atoms with Gasteiger partial charge < -0.3 is 9.66 Å². The van der Waals surface area contributed by atoms with Crippen LogP contribution in [0.2, 0.25) is 0 Å². The van der Waals surface area contributed by atoms with Gasteiger partial charge in [-0.1, -0.05) is 6.07 Å². The minimum absolute atomic E-state index is 0. The molecule has 1 N–H and O–H groups in total. The molecule has 0 heterocycles.